The zero-order chi connectivity index (χ0) is 12.1. The van der Waals surface area contributed by atoms with Crippen LogP contribution in [0.25, 0.3) is 0 Å². The van der Waals surface area contributed by atoms with Crippen molar-refractivity contribution in [1.29, 1.82) is 0 Å². The van der Waals surface area contributed by atoms with Crippen LogP contribution in [0.5, 0.6) is 5.75 Å². The molecule has 16 heavy (non-hydrogen) atoms. The normalized spacial score (nSPS) is 11.1. The molecule has 0 N–H and O–H groups in total. The molecule has 0 atom stereocenters. The summed E-state index contributed by atoms with van der Waals surface area (Å²) in [5, 5.41) is 0.677. The largest absolute Gasteiger partial charge is 0.452 e. The summed E-state index contributed by atoms with van der Waals surface area (Å²) >= 11 is 5.89. The fourth-order valence-corrected chi connectivity index (χ4v) is 1.27. The Morgan fingerprint density at radius 1 is 1.44 bits per heavy atom. The number of hydrogen-bond donors (Lipinski definition) is 0. The molecule has 1 aromatic rings. The van der Waals surface area contributed by atoms with Gasteiger partial charge in [-0.3, -0.25) is 4.79 Å². The van der Waals surface area contributed by atoms with E-state index in [9.17, 15) is 4.79 Å². The Labute approximate surface area is 100 Å². The van der Waals surface area contributed by atoms with Crippen LogP contribution in [0.2, 0.25) is 5.02 Å². The lowest BCUT2D eigenvalue weighted by molar-refractivity contribution is -0.106. The SMILES string of the molecule is Cc1cc(O/C(C=O)=C/N(C)C)ccc1Cl. The van der Waals surface area contributed by atoms with Crippen LogP contribution in [0, 0.1) is 6.92 Å². The van der Waals surface area contributed by atoms with Gasteiger partial charge in [-0.2, -0.15) is 0 Å². The van der Waals surface area contributed by atoms with Crippen LogP contribution in [0.4, 0.5) is 0 Å². The highest BCUT2D eigenvalue weighted by molar-refractivity contribution is 6.31. The Balaban J connectivity index is 2.86. The lowest BCUT2D eigenvalue weighted by Gasteiger charge is -2.09. The molecule has 4 heteroatoms. The molecule has 0 unspecified atom stereocenters. The first-order valence-corrected chi connectivity index (χ1v) is 5.18. The second-order valence-electron chi connectivity index (χ2n) is 3.63. The van der Waals surface area contributed by atoms with Crippen molar-refractivity contribution in [2.24, 2.45) is 0 Å². The number of carbonyl (C=O) groups is 1. The number of ether oxygens (including phenoxy) is 1. The first-order valence-electron chi connectivity index (χ1n) is 4.80. The van der Waals surface area contributed by atoms with Crippen molar-refractivity contribution in [3.63, 3.8) is 0 Å². The number of rotatable bonds is 4. The maximum absolute atomic E-state index is 10.8. The highest BCUT2D eigenvalue weighted by Gasteiger charge is 2.02. The van der Waals surface area contributed by atoms with Gasteiger partial charge in [0.1, 0.15) is 5.75 Å². The average molecular weight is 240 g/mol. The van der Waals surface area contributed by atoms with Crippen molar-refractivity contribution < 1.29 is 9.53 Å². The topological polar surface area (TPSA) is 29.5 Å². The van der Waals surface area contributed by atoms with E-state index in [0.717, 1.165) is 5.56 Å². The highest BCUT2D eigenvalue weighted by Crippen LogP contribution is 2.22. The van der Waals surface area contributed by atoms with Gasteiger partial charge in [0.05, 0.1) is 0 Å². The molecule has 0 amide bonds. The minimum atomic E-state index is 0.256. The predicted molar refractivity (Wildman–Crippen MR) is 64.7 cm³/mol. The molecular formula is C12H14ClNO2. The van der Waals surface area contributed by atoms with Crippen molar-refractivity contribution in [3.05, 3.63) is 40.7 Å². The third-order valence-electron chi connectivity index (χ3n) is 1.87. The molecule has 0 bridgehead atoms. The number of allylic oxidation sites excluding steroid dienone is 1. The first kappa shape index (κ1) is 12.6. The summed E-state index contributed by atoms with van der Waals surface area (Å²) in [5.74, 6) is 0.855. The van der Waals surface area contributed by atoms with Crippen molar-refractivity contribution in [2.45, 2.75) is 6.92 Å². The fraction of sp³-hybridized carbons (Fsp3) is 0.250. The lowest BCUT2D eigenvalue weighted by atomic mass is 10.2. The highest BCUT2D eigenvalue weighted by atomic mass is 35.5. The van der Waals surface area contributed by atoms with E-state index in [1.807, 2.05) is 21.0 Å². The molecule has 0 aliphatic heterocycles. The van der Waals surface area contributed by atoms with Gasteiger partial charge in [0, 0.05) is 25.3 Å². The Hall–Kier alpha value is -1.48. The smallest absolute Gasteiger partial charge is 0.186 e. The molecule has 0 radical (unpaired) electrons. The molecule has 3 nitrogen and oxygen atoms in total. The summed E-state index contributed by atoms with van der Waals surface area (Å²) in [6, 6.07) is 5.25. The molecule has 0 aliphatic carbocycles. The number of halogens is 1. The number of carbonyl (C=O) groups excluding carboxylic acids is 1. The molecule has 0 heterocycles. The van der Waals surface area contributed by atoms with E-state index in [1.54, 1.807) is 29.3 Å². The van der Waals surface area contributed by atoms with Crippen LogP contribution in [0.1, 0.15) is 5.56 Å². The average Bonchev–Trinajstić information content (AvgIpc) is 2.22. The van der Waals surface area contributed by atoms with Gasteiger partial charge in [-0.05, 0) is 30.7 Å². The summed E-state index contributed by atoms with van der Waals surface area (Å²) in [4.78, 5) is 12.5. The van der Waals surface area contributed by atoms with Crippen molar-refractivity contribution in [1.82, 2.24) is 4.90 Å². The van der Waals surface area contributed by atoms with Crippen LogP contribution in [-0.4, -0.2) is 25.3 Å². The van der Waals surface area contributed by atoms with E-state index in [4.69, 9.17) is 16.3 Å². The molecule has 0 aromatic heterocycles. The second-order valence-corrected chi connectivity index (χ2v) is 4.03. The van der Waals surface area contributed by atoms with E-state index >= 15 is 0 Å². The van der Waals surface area contributed by atoms with Crippen LogP contribution in [-0.2, 0) is 4.79 Å². The van der Waals surface area contributed by atoms with E-state index in [0.29, 0.717) is 17.1 Å². The predicted octanol–water partition coefficient (Wildman–Crippen LogP) is 2.63. The summed E-state index contributed by atoms with van der Waals surface area (Å²) in [5.41, 5.74) is 0.911. The molecule has 1 aromatic carbocycles. The molecule has 0 saturated carbocycles. The van der Waals surface area contributed by atoms with Crippen LogP contribution < -0.4 is 4.74 Å². The molecular weight excluding hydrogens is 226 g/mol. The lowest BCUT2D eigenvalue weighted by Crippen LogP contribution is -2.07. The Morgan fingerprint density at radius 3 is 2.62 bits per heavy atom. The van der Waals surface area contributed by atoms with Gasteiger partial charge >= 0.3 is 0 Å². The Bertz CT molecular complexity index is 413. The zero-order valence-electron chi connectivity index (χ0n) is 9.53. The number of aryl methyl sites for hydroxylation is 1. The minimum Gasteiger partial charge on any atom is -0.452 e. The quantitative estimate of drug-likeness (QED) is 0.460. The van der Waals surface area contributed by atoms with Gasteiger partial charge in [0.2, 0.25) is 0 Å². The molecule has 86 valence electrons. The summed E-state index contributed by atoms with van der Waals surface area (Å²) in [6.07, 6.45) is 2.28. The fourth-order valence-electron chi connectivity index (χ4n) is 1.15. The van der Waals surface area contributed by atoms with Gasteiger partial charge in [-0.15, -0.1) is 0 Å². The van der Waals surface area contributed by atoms with Crippen molar-refractivity contribution in [2.75, 3.05) is 14.1 Å². The minimum absolute atomic E-state index is 0.256. The molecule has 0 aliphatic rings. The maximum atomic E-state index is 10.8. The monoisotopic (exact) mass is 239 g/mol. The van der Waals surface area contributed by atoms with E-state index in [2.05, 4.69) is 0 Å². The third-order valence-corrected chi connectivity index (χ3v) is 2.29. The van der Waals surface area contributed by atoms with Crippen LogP contribution >= 0.6 is 11.6 Å². The molecule has 0 fully saturated rings. The summed E-state index contributed by atoms with van der Waals surface area (Å²) < 4.78 is 5.40. The van der Waals surface area contributed by atoms with Gasteiger partial charge in [-0.25, -0.2) is 0 Å². The Morgan fingerprint density at radius 2 is 2.12 bits per heavy atom. The molecule has 1 rings (SSSR count). The summed E-state index contributed by atoms with van der Waals surface area (Å²) in [6.45, 7) is 1.88. The third kappa shape index (κ3) is 3.59. The number of benzene rings is 1. The Kier molecular flexibility index (Phi) is 4.38. The zero-order valence-corrected chi connectivity index (χ0v) is 10.3. The van der Waals surface area contributed by atoms with Crippen molar-refractivity contribution in [3.8, 4) is 5.75 Å². The summed E-state index contributed by atoms with van der Waals surface area (Å²) in [7, 11) is 3.64. The van der Waals surface area contributed by atoms with E-state index < -0.39 is 0 Å². The van der Waals surface area contributed by atoms with Gasteiger partial charge in [0.15, 0.2) is 12.0 Å². The van der Waals surface area contributed by atoms with Crippen molar-refractivity contribution >= 4 is 17.9 Å². The van der Waals surface area contributed by atoms with E-state index in [1.165, 1.54) is 0 Å². The maximum Gasteiger partial charge on any atom is 0.186 e. The van der Waals surface area contributed by atoms with E-state index in [-0.39, 0.29) is 5.76 Å². The van der Waals surface area contributed by atoms with Gasteiger partial charge in [-0.1, -0.05) is 11.6 Å². The van der Waals surface area contributed by atoms with Crippen LogP contribution in [0.3, 0.4) is 0 Å². The number of nitrogens with zero attached hydrogens (tertiary/aromatic N) is 1. The number of aldehydes is 1. The standard InChI is InChI=1S/C12H14ClNO2/c1-9-6-10(4-5-12(9)13)16-11(8-15)7-14(2)3/h4-8H,1-3H3/b11-7+. The first-order chi connectivity index (χ1) is 7.52. The van der Waals surface area contributed by atoms with Crippen LogP contribution in [0.15, 0.2) is 30.2 Å². The molecule has 0 spiro atoms. The van der Waals surface area contributed by atoms with Gasteiger partial charge < -0.3 is 9.64 Å². The number of hydrogen-bond acceptors (Lipinski definition) is 3. The molecule has 0 saturated heterocycles. The second kappa shape index (κ2) is 5.56. The van der Waals surface area contributed by atoms with Gasteiger partial charge in [0.25, 0.3) is 0 Å².